The first kappa shape index (κ1) is 19.5. The second-order valence-corrected chi connectivity index (χ2v) is 7.19. The highest BCUT2D eigenvalue weighted by molar-refractivity contribution is 6.32. The fraction of sp³-hybridized carbons (Fsp3) is 0.400. The molecule has 0 saturated carbocycles. The molecular formula is C20H24ClN3O3. The van der Waals surface area contributed by atoms with Gasteiger partial charge in [0, 0.05) is 25.0 Å². The number of carbonyl (C=O) groups excluding carboxylic acids is 1. The van der Waals surface area contributed by atoms with E-state index in [-0.39, 0.29) is 5.91 Å². The summed E-state index contributed by atoms with van der Waals surface area (Å²) >= 11 is 6.28. The van der Waals surface area contributed by atoms with Gasteiger partial charge in [-0.25, -0.2) is 4.98 Å². The number of rotatable bonds is 6. The van der Waals surface area contributed by atoms with Crippen molar-refractivity contribution in [1.82, 2.24) is 4.98 Å². The van der Waals surface area contributed by atoms with Crippen molar-refractivity contribution in [2.24, 2.45) is 5.92 Å². The number of nitrogens with zero attached hydrogens (tertiary/aromatic N) is 2. The normalized spacial score (nSPS) is 14.3. The lowest BCUT2D eigenvalue weighted by Crippen LogP contribution is -2.38. The molecule has 2 heterocycles. The van der Waals surface area contributed by atoms with Gasteiger partial charge in [-0.05, 0) is 36.2 Å². The maximum Gasteiger partial charge on any atom is 0.259 e. The van der Waals surface area contributed by atoms with Gasteiger partial charge in [0.05, 0.1) is 30.4 Å². The molecule has 0 bridgehead atoms. The molecule has 1 amide bonds. The molecule has 1 fully saturated rings. The lowest BCUT2D eigenvalue weighted by molar-refractivity contribution is 0.102. The number of hydrogen-bond acceptors (Lipinski definition) is 5. The smallest absolute Gasteiger partial charge is 0.259 e. The van der Waals surface area contributed by atoms with Crippen molar-refractivity contribution in [1.29, 1.82) is 0 Å². The Morgan fingerprint density at radius 2 is 2.11 bits per heavy atom. The molecule has 1 aliphatic heterocycles. The second-order valence-electron chi connectivity index (χ2n) is 6.78. The minimum atomic E-state index is -0.225. The summed E-state index contributed by atoms with van der Waals surface area (Å²) in [6, 6.07) is 8.78. The van der Waals surface area contributed by atoms with E-state index in [0.29, 0.717) is 66.7 Å². The van der Waals surface area contributed by atoms with E-state index in [1.807, 2.05) is 0 Å². The van der Waals surface area contributed by atoms with E-state index in [9.17, 15) is 4.79 Å². The molecule has 6 nitrogen and oxygen atoms in total. The Balaban J connectivity index is 1.73. The van der Waals surface area contributed by atoms with Crippen LogP contribution < -0.4 is 15.0 Å². The van der Waals surface area contributed by atoms with E-state index >= 15 is 0 Å². The van der Waals surface area contributed by atoms with Crippen LogP contribution in [0.2, 0.25) is 5.02 Å². The van der Waals surface area contributed by atoms with Gasteiger partial charge in [-0.1, -0.05) is 25.4 Å². The number of ether oxygens (including phenoxy) is 2. The third-order valence-electron chi connectivity index (χ3n) is 4.10. The van der Waals surface area contributed by atoms with Crippen LogP contribution in [0.3, 0.4) is 0 Å². The Bertz CT molecular complexity index is 792. The largest absolute Gasteiger partial charge is 0.492 e. The number of morpholine rings is 1. The van der Waals surface area contributed by atoms with Gasteiger partial charge in [-0.3, -0.25) is 4.79 Å². The molecule has 2 aromatic rings. The molecule has 1 aromatic carbocycles. The van der Waals surface area contributed by atoms with Crippen LogP contribution >= 0.6 is 11.6 Å². The van der Waals surface area contributed by atoms with E-state index in [2.05, 4.69) is 29.0 Å². The van der Waals surface area contributed by atoms with Gasteiger partial charge in [0.25, 0.3) is 5.91 Å². The van der Waals surface area contributed by atoms with Crippen LogP contribution in [-0.4, -0.2) is 43.8 Å². The molecule has 7 heteroatoms. The third-order valence-corrected chi connectivity index (χ3v) is 4.40. The molecule has 0 radical (unpaired) electrons. The number of hydrogen-bond donors (Lipinski definition) is 1. The number of benzene rings is 1. The minimum Gasteiger partial charge on any atom is -0.492 e. The van der Waals surface area contributed by atoms with Gasteiger partial charge in [-0.2, -0.15) is 0 Å². The Labute approximate surface area is 164 Å². The van der Waals surface area contributed by atoms with Crippen LogP contribution in [0.15, 0.2) is 36.5 Å². The molecule has 144 valence electrons. The first-order valence-corrected chi connectivity index (χ1v) is 9.44. The molecule has 27 heavy (non-hydrogen) atoms. The standard InChI is InChI=1S/C20H24ClN3O3/c1-14(2)13-27-18-6-5-15(12-17(18)21)23-20(25)16-4-3-7-22-19(16)24-8-10-26-11-9-24/h3-7,12,14H,8-11,13H2,1-2H3,(H,23,25). The van der Waals surface area contributed by atoms with Crippen LogP contribution in [0.1, 0.15) is 24.2 Å². The summed E-state index contributed by atoms with van der Waals surface area (Å²) in [6.07, 6.45) is 1.69. The summed E-state index contributed by atoms with van der Waals surface area (Å²) in [6.45, 7) is 7.42. The lowest BCUT2D eigenvalue weighted by Gasteiger charge is -2.29. The van der Waals surface area contributed by atoms with Gasteiger partial charge >= 0.3 is 0 Å². The first-order chi connectivity index (χ1) is 13.0. The highest BCUT2D eigenvalue weighted by Crippen LogP contribution is 2.29. The number of aromatic nitrogens is 1. The van der Waals surface area contributed by atoms with E-state index in [1.54, 1.807) is 36.5 Å². The Morgan fingerprint density at radius 3 is 2.81 bits per heavy atom. The number of anilines is 2. The molecule has 0 unspecified atom stereocenters. The molecule has 1 saturated heterocycles. The number of nitrogens with one attached hydrogen (secondary N) is 1. The van der Waals surface area contributed by atoms with E-state index in [0.717, 1.165) is 0 Å². The Kier molecular flexibility index (Phi) is 6.53. The van der Waals surface area contributed by atoms with Gasteiger partial charge in [0.15, 0.2) is 0 Å². The zero-order valence-corrected chi connectivity index (χ0v) is 16.3. The van der Waals surface area contributed by atoms with E-state index < -0.39 is 0 Å². The monoisotopic (exact) mass is 389 g/mol. The predicted octanol–water partition coefficient (Wildman–Crippen LogP) is 3.86. The number of pyridine rings is 1. The van der Waals surface area contributed by atoms with Crippen molar-refractivity contribution in [3.05, 3.63) is 47.1 Å². The van der Waals surface area contributed by atoms with Crippen LogP contribution in [0, 0.1) is 5.92 Å². The average Bonchev–Trinajstić information content (AvgIpc) is 2.68. The van der Waals surface area contributed by atoms with Crippen LogP contribution in [0.4, 0.5) is 11.5 Å². The summed E-state index contributed by atoms with van der Waals surface area (Å²) in [7, 11) is 0. The zero-order valence-electron chi connectivity index (χ0n) is 15.6. The molecular weight excluding hydrogens is 366 g/mol. The van der Waals surface area contributed by atoms with Crippen molar-refractivity contribution in [2.45, 2.75) is 13.8 Å². The van der Waals surface area contributed by atoms with Crippen LogP contribution in [0.25, 0.3) is 0 Å². The second kappa shape index (κ2) is 9.06. The maximum absolute atomic E-state index is 12.8. The summed E-state index contributed by atoms with van der Waals surface area (Å²) < 4.78 is 11.0. The van der Waals surface area contributed by atoms with Gasteiger partial charge < -0.3 is 19.7 Å². The summed E-state index contributed by atoms with van der Waals surface area (Å²) in [4.78, 5) is 19.3. The van der Waals surface area contributed by atoms with Gasteiger partial charge in [0.1, 0.15) is 11.6 Å². The third kappa shape index (κ3) is 5.11. The molecule has 1 aromatic heterocycles. The van der Waals surface area contributed by atoms with Crippen molar-refractivity contribution in [2.75, 3.05) is 43.1 Å². The SMILES string of the molecule is CC(C)COc1ccc(NC(=O)c2cccnc2N2CCOCC2)cc1Cl. The molecule has 0 spiro atoms. The Hall–Kier alpha value is -2.31. The van der Waals surface area contributed by atoms with E-state index in [4.69, 9.17) is 21.1 Å². The quantitative estimate of drug-likeness (QED) is 0.812. The average molecular weight is 390 g/mol. The highest BCUT2D eigenvalue weighted by Gasteiger charge is 2.20. The van der Waals surface area contributed by atoms with Crippen molar-refractivity contribution >= 4 is 29.0 Å². The summed E-state index contributed by atoms with van der Waals surface area (Å²) in [5, 5.41) is 3.36. The molecule has 0 atom stereocenters. The number of halogens is 1. The van der Waals surface area contributed by atoms with Gasteiger partial charge in [0.2, 0.25) is 0 Å². The fourth-order valence-electron chi connectivity index (χ4n) is 2.75. The number of amides is 1. The van der Waals surface area contributed by atoms with Crippen molar-refractivity contribution < 1.29 is 14.3 Å². The molecule has 1 N–H and O–H groups in total. The molecule has 1 aliphatic rings. The van der Waals surface area contributed by atoms with Crippen molar-refractivity contribution in [3.8, 4) is 5.75 Å². The van der Waals surface area contributed by atoms with Crippen LogP contribution in [-0.2, 0) is 4.74 Å². The molecule has 3 rings (SSSR count). The van der Waals surface area contributed by atoms with Crippen LogP contribution in [0.5, 0.6) is 5.75 Å². The maximum atomic E-state index is 12.8. The zero-order chi connectivity index (χ0) is 19.2. The summed E-state index contributed by atoms with van der Waals surface area (Å²) in [5.41, 5.74) is 1.13. The highest BCUT2D eigenvalue weighted by atomic mass is 35.5. The van der Waals surface area contributed by atoms with E-state index in [1.165, 1.54) is 0 Å². The van der Waals surface area contributed by atoms with Gasteiger partial charge in [-0.15, -0.1) is 0 Å². The Morgan fingerprint density at radius 1 is 1.33 bits per heavy atom. The first-order valence-electron chi connectivity index (χ1n) is 9.06. The van der Waals surface area contributed by atoms with Crippen molar-refractivity contribution in [3.63, 3.8) is 0 Å². The summed E-state index contributed by atoms with van der Waals surface area (Å²) in [5.74, 6) is 1.46. The number of carbonyl (C=O) groups is 1. The predicted molar refractivity (Wildman–Crippen MR) is 107 cm³/mol. The topological polar surface area (TPSA) is 63.7 Å². The molecule has 0 aliphatic carbocycles. The fourth-order valence-corrected chi connectivity index (χ4v) is 2.99. The minimum absolute atomic E-state index is 0.225. The lowest BCUT2D eigenvalue weighted by atomic mass is 10.2.